The van der Waals surface area contributed by atoms with Crippen LogP contribution in [0.2, 0.25) is 0 Å². The van der Waals surface area contributed by atoms with Gasteiger partial charge < -0.3 is 0 Å². The molecule has 1 aromatic rings. The van der Waals surface area contributed by atoms with Crippen LogP contribution >= 0.6 is 0 Å². The first-order valence-corrected chi connectivity index (χ1v) is 5.32. The van der Waals surface area contributed by atoms with E-state index in [4.69, 9.17) is 0 Å². The number of hydrogen-bond acceptors (Lipinski definition) is 5. The van der Waals surface area contributed by atoms with Crippen LogP contribution < -0.4 is 0 Å². The highest BCUT2D eigenvalue weighted by atomic mass is 19.4. The van der Waals surface area contributed by atoms with Crippen LogP contribution in [0.15, 0.2) is 21.5 Å². The van der Waals surface area contributed by atoms with Crippen molar-refractivity contribution >= 4 is 23.7 Å². The van der Waals surface area contributed by atoms with Crippen molar-refractivity contribution in [1.29, 1.82) is 0 Å². The van der Waals surface area contributed by atoms with Crippen molar-refractivity contribution in [3.05, 3.63) is 12.2 Å². The topological polar surface area (TPSA) is 84.9 Å². The zero-order valence-corrected chi connectivity index (χ0v) is 10.9. The third kappa shape index (κ3) is 3.80. The molecule has 0 fully saturated rings. The zero-order valence-electron chi connectivity index (χ0n) is 10.9. The lowest BCUT2D eigenvalue weighted by molar-refractivity contribution is -0.106. The summed E-state index contributed by atoms with van der Waals surface area (Å²) in [7, 11) is 0. The van der Waals surface area contributed by atoms with Crippen LogP contribution in [0.3, 0.4) is 0 Å². The van der Waals surface area contributed by atoms with Crippen LogP contribution in [-0.4, -0.2) is 44.6 Å². The minimum atomic E-state index is -4.54. The SMILES string of the molecule is C/C(=N\C=O)c1ncnn1/C(C)=N/N=C(\C)C(F)(F)F. The molecular formula is C10H11F3N6O. The molecule has 0 aromatic carbocycles. The summed E-state index contributed by atoms with van der Waals surface area (Å²) in [4.78, 5) is 17.6. The van der Waals surface area contributed by atoms with E-state index in [9.17, 15) is 18.0 Å². The summed E-state index contributed by atoms with van der Waals surface area (Å²) >= 11 is 0. The number of rotatable bonds is 3. The van der Waals surface area contributed by atoms with Gasteiger partial charge in [0, 0.05) is 0 Å². The molecule has 20 heavy (non-hydrogen) atoms. The Kier molecular flexibility index (Phi) is 4.83. The highest BCUT2D eigenvalue weighted by Crippen LogP contribution is 2.16. The summed E-state index contributed by atoms with van der Waals surface area (Å²) < 4.78 is 37.9. The lowest BCUT2D eigenvalue weighted by atomic mass is 10.4. The van der Waals surface area contributed by atoms with E-state index in [2.05, 4.69) is 25.3 Å². The van der Waals surface area contributed by atoms with Gasteiger partial charge in [-0.2, -0.15) is 23.0 Å². The van der Waals surface area contributed by atoms with Gasteiger partial charge in [0.05, 0.1) is 5.71 Å². The number of alkyl halides is 3. The van der Waals surface area contributed by atoms with E-state index in [1.54, 1.807) is 0 Å². The Bertz CT molecular complexity index is 584. The molecule has 1 aromatic heterocycles. The fourth-order valence-corrected chi connectivity index (χ4v) is 1.11. The number of amides is 1. The molecule has 108 valence electrons. The van der Waals surface area contributed by atoms with Crippen LogP contribution in [0.1, 0.15) is 26.6 Å². The van der Waals surface area contributed by atoms with Gasteiger partial charge in [-0.3, -0.25) is 4.79 Å². The smallest absolute Gasteiger partial charge is 0.276 e. The average Bonchev–Trinajstić information content (AvgIpc) is 2.83. The minimum Gasteiger partial charge on any atom is -0.276 e. The number of hydrogen-bond donors (Lipinski definition) is 0. The predicted molar refractivity (Wildman–Crippen MR) is 66.0 cm³/mol. The Balaban J connectivity index is 3.11. The third-order valence-corrected chi connectivity index (χ3v) is 2.18. The standard InChI is InChI=1S/C10H11F3N6O/c1-6(15-5-20)9-14-4-16-19(9)8(3)18-17-7(2)10(11,12)13/h4-5H,1-3H3/b15-6+,17-7+,18-8+. The number of carbonyl (C=O) groups is 1. The van der Waals surface area contributed by atoms with Crippen LogP contribution in [0.4, 0.5) is 13.2 Å². The van der Waals surface area contributed by atoms with Crippen molar-refractivity contribution in [3.63, 3.8) is 0 Å². The molecule has 0 aliphatic rings. The summed E-state index contributed by atoms with van der Waals surface area (Å²) in [5.41, 5.74) is -0.833. The summed E-state index contributed by atoms with van der Waals surface area (Å²) in [5, 5.41) is 10.3. The quantitative estimate of drug-likeness (QED) is 0.365. The molecule has 0 aliphatic heterocycles. The number of nitrogens with zero attached hydrogens (tertiary/aromatic N) is 6. The summed E-state index contributed by atoms with van der Waals surface area (Å²) in [6.45, 7) is 3.71. The Morgan fingerprint density at radius 2 is 1.95 bits per heavy atom. The maximum atomic E-state index is 12.3. The fraction of sp³-hybridized carbons (Fsp3) is 0.400. The Morgan fingerprint density at radius 1 is 1.30 bits per heavy atom. The van der Waals surface area contributed by atoms with Crippen LogP contribution in [0.25, 0.3) is 0 Å². The normalized spacial score (nSPS) is 14.6. The second kappa shape index (κ2) is 6.17. The molecule has 0 saturated heterocycles. The molecule has 10 heteroatoms. The minimum absolute atomic E-state index is 0.0570. The molecule has 1 amide bonds. The Labute approximate surface area is 111 Å². The summed E-state index contributed by atoms with van der Waals surface area (Å²) in [6, 6.07) is 0. The van der Waals surface area contributed by atoms with Crippen LogP contribution in [0.5, 0.6) is 0 Å². The number of carbonyl (C=O) groups excluding carboxylic acids is 1. The largest absolute Gasteiger partial charge is 0.431 e. The van der Waals surface area contributed by atoms with E-state index in [1.165, 1.54) is 20.2 Å². The molecule has 0 spiro atoms. The third-order valence-electron chi connectivity index (χ3n) is 2.18. The van der Waals surface area contributed by atoms with Crippen molar-refractivity contribution in [2.75, 3.05) is 0 Å². The lowest BCUT2D eigenvalue weighted by Gasteiger charge is -2.04. The van der Waals surface area contributed by atoms with E-state index in [0.717, 1.165) is 11.6 Å². The predicted octanol–water partition coefficient (Wildman–Crippen LogP) is 1.45. The maximum Gasteiger partial charge on any atom is 0.431 e. The second-order valence-electron chi connectivity index (χ2n) is 3.65. The first-order chi connectivity index (χ1) is 9.27. The molecule has 0 radical (unpaired) electrons. The highest BCUT2D eigenvalue weighted by molar-refractivity contribution is 6.01. The molecule has 1 rings (SSSR count). The van der Waals surface area contributed by atoms with Crippen molar-refractivity contribution in [3.8, 4) is 0 Å². The first-order valence-electron chi connectivity index (χ1n) is 5.32. The van der Waals surface area contributed by atoms with Gasteiger partial charge >= 0.3 is 6.18 Å². The monoisotopic (exact) mass is 288 g/mol. The van der Waals surface area contributed by atoms with Gasteiger partial charge in [-0.25, -0.2) is 9.98 Å². The number of halogens is 3. The molecule has 0 aliphatic carbocycles. The van der Waals surface area contributed by atoms with Crippen molar-refractivity contribution in [2.24, 2.45) is 15.2 Å². The average molecular weight is 288 g/mol. The van der Waals surface area contributed by atoms with Gasteiger partial charge in [0.15, 0.2) is 11.7 Å². The van der Waals surface area contributed by atoms with E-state index in [-0.39, 0.29) is 17.4 Å². The van der Waals surface area contributed by atoms with E-state index in [1.807, 2.05) is 0 Å². The molecule has 0 N–H and O–H groups in total. The Hall–Kier alpha value is -2.39. The van der Waals surface area contributed by atoms with Crippen LogP contribution in [-0.2, 0) is 4.79 Å². The van der Waals surface area contributed by atoms with Gasteiger partial charge in [0.1, 0.15) is 12.0 Å². The maximum absolute atomic E-state index is 12.3. The molecule has 0 atom stereocenters. The van der Waals surface area contributed by atoms with Gasteiger partial charge in [0.25, 0.3) is 0 Å². The van der Waals surface area contributed by atoms with E-state index in [0.29, 0.717) is 6.41 Å². The molecule has 0 saturated carbocycles. The van der Waals surface area contributed by atoms with Crippen molar-refractivity contribution < 1.29 is 18.0 Å². The highest BCUT2D eigenvalue weighted by Gasteiger charge is 2.32. The molecule has 0 unspecified atom stereocenters. The lowest BCUT2D eigenvalue weighted by Crippen LogP contribution is -2.20. The van der Waals surface area contributed by atoms with Gasteiger partial charge in [-0.1, -0.05) is 0 Å². The van der Waals surface area contributed by atoms with Gasteiger partial charge in [0.2, 0.25) is 6.41 Å². The Morgan fingerprint density at radius 3 is 2.50 bits per heavy atom. The zero-order chi connectivity index (χ0) is 15.3. The first kappa shape index (κ1) is 15.7. The van der Waals surface area contributed by atoms with Crippen molar-refractivity contribution in [2.45, 2.75) is 26.9 Å². The van der Waals surface area contributed by atoms with Crippen LogP contribution in [0, 0.1) is 0 Å². The van der Waals surface area contributed by atoms with Gasteiger partial charge in [-0.15, -0.1) is 10.2 Å². The van der Waals surface area contributed by atoms with Crippen molar-refractivity contribution in [1.82, 2.24) is 14.8 Å². The molecular weight excluding hydrogens is 277 g/mol. The second-order valence-corrected chi connectivity index (χ2v) is 3.65. The fourth-order valence-electron chi connectivity index (χ4n) is 1.11. The van der Waals surface area contributed by atoms with Gasteiger partial charge in [-0.05, 0) is 20.8 Å². The molecule has 1 heterocycles. The summed E-state index contributed by atoms with van der Waals surface area (Å²) in [6.07, 6.45) is -3.05. The molecule has 7 nitrogen and oxygen atoms in total. The number of aromatic nitrogens is 3. The summed E-state index contributed by atoms with van der Waals surface area (Å²) in [5.74, 6) is 0.250. The number of aliphatic imine (C=N–C) groups is 1. The molecule has 0 bridgehead atoms. The van der Waals surface area contributed by atoms with E-state index >= 15 is 0 Å². The van der Waals surface area contributed by atoms with E-state index < -0.39 is 11.9 Å².